The van der Waals surface area contributed by atoms with Crippen molar-refractivity contribution in [3.63, 3.8) is 0 Å². The molecule has 2 saturated heterocycles. The van der Waals surface area contributed by atoms with Gasteiger partial charge in [0.25, 0.3) is 0 Å². The Balaban J connectivity index is 1.22. The van der Waals surface area contributed by atoms with Gasteiger partial charge in [-0.2, -0.15) is 13.2 Å². The van der Waals surface area contributed by atoms with Crippen molar-refractivity contribution in [3.8, 4) is 17.6 Å². The van der Waals surface area contributed by atoms with Gasteiger partial charge in [0.05, 0.1) is 41.6 Å². The first-order valence-electron chi connectivity index (χ1n) is 15.8. The van der Waals surface area contributed by atoms with Crippen LogP contribution in [-0.2, 0) is 25.9 Å². The molecule has 1 spiro atoms. The van der Waals surface area contributed by atoms with Gasteiger partial charge in [-0.15, -0.1) is 0 Å². The highest BCUT2D eigenvalue weighted by molar-refractivity contribution is 7.90. The van der Waals surface area contributed by atoms with E-state index >= 15 is 0 Å². The van der Waals surface area contributed by atoms with Gasteiger partial charge in [-0.1, -0.05) is 18.9 Å². The van der Waals surface area contributed by atoms with Crippen molar-refractivity contribution in [1.29, 1.82) is 0 Å². The molecule has 0 atom stereocenters. The number of fused-ring (bicyclic) bond motifs is 1. The molecule has 2 N–H and O–H groups in total. The molecule has 3 aromatic rings. The molecule has 0 bridgehead atoms. The third kappa shape index (κ3) is 7.10. The largest absolute Gasteiger partial charge is 0.506 e. The number of likely N-dealkylation sites (tertiary alicyclic amines) is 1. The zero-order chi connectivity index (χ0) is 33.6. The van der Waals surface area contributed by atoms with Crippen molar-refractivity contribution in [3.05, 3.63) is 48.2 Å². The summed E-state index contributed by atoms with van der Waals surface area (Å²) in [5.41, 5.74) is 1.73. The van der Waals surface area contributed by atoms with Crippen molar-refractivity contribution in [2.45, 2.75) is 68.7 Å². The topological polar surface area (TPSA) is 104 Å². The lowest BCUT2D eigenvalue weighted by atomic mass is 9.75. The molecular weight excluding hydrogens is 633 g/mol. The molecule has 6 rings (SSSR count). The van der Waals surface area contributed by atoms with E-state index in [9.17, 15) is 31.5 Å². The van der Waals surface area contributed by atoms with Crippen LogP contribution < -0.4 is 10.2 Å². The van der Waals surface area contributed by atoms with Crippen molar-refractivity contribution < 1.29 is 36.2 Å². The molecule has 3 heterocycles. The predicted octanol–water partition coefficient (Wildman–Crippen LogP) is 5.16. The lowest BCUT2D eigenvalue weighted by Gasteiger charge is -2.58. The molecule has 0 unspecified atom stereocenters. The minimum absolute atomic E-state index is 0.0567. The fourth-order valence-electron chi connectivity index (χ4n) is 6.99. The van der Waals surface area contributed by atoms with E-state index in [0.717, 1.165) is 74.6 Å². The molecule has 2 aromatic carbocycles. The summed E-state index contributed by atoms with van der Waals surface area (Å²) in [7, 11) is -3.60. The third-order valence-corrected chi connectivity index (χ3v) is 10.6. The molecule has 1 aromatic heterocycles. The molecule has 9 nitrogen and oxygen atoms in total. The number of ether oxygens (including phenoxy) is 1. The second-order valence-corrected chi connectivity index (χ2v) is 15.1. The Bertz CT molecular complexity index is 1830. The highest BCUT2D eigenvalue weighted by Gasteiger charge is 2.50. The number of carbonyl (C=O) groups is 1. The van der Waals surface area contributed by atoms with Gasteiger partial charge in [0.2, 0.25) is 5.91 Å². The van der Waals surface area contributed by atoms with Crippen molar-refractivity contribution in [2.24, 2.45) is 5.41 Å². The molecule has 1 saturated carbocycles. The first-order chi connectivity index (χ1) is 22.2. The van der Waals surface area contributed by atoms with E-state index in [-0.39, 0.29) is 35.3 Å². The maximum atomic E-state index is 13.8. The van der Waals surface area contributed by atoms with Crippen LogP contribution in [0.3, 0.4) is 0 Å². The quantitative estimate of drug-likeness (QED) is 0.319. The summed E-state index contributed by atoms with van der Waals surface area (Å²) in [6, 6.07) is 11.3. The second kappa shape index (κ2) is 12.7. The van der Waals surface area contributed by atoms with Crippen LogP contribution in [0.25, 0.3) is 10.9 Å². The van der Waals surface area contributed by atoms with Crippen LogP contribution >= 0.6 is 0 Å². The monoisotopic (exact) mass is 672 g/mol. The van der Waals surface area contributed by atoms with E-state index in [1.807, 2.05) is 6.07 Å². The summed E-state index contributed by atoms with van der Waals surface area (Å²) in [5, 5.41) is 14.8. The minimum atomic E-state index is -4.50. The average Bonchev–Trinajstić information content (AvgIpc) is 3.30. The first-order valence-corrected chi connectivity index (χ1v) is 17.7. The highest BCUT2D eigenvalue weighted by atomic mass is 32.2. The Morgan fingerprint density at radius 2 is 1.85 bits per heavy atom. The number of carbonyl (C=O) groups excluding carboxylic acids is 1. The number of aromatic nitrogens is 1. The zero-order valence-corrected chi connectivity index (χ0v) is 27.3. The number of anilines is 2. The summed E-state index contributed by atoms with van der Waals surface area (Å²) >= 11 is 0. The van der Waals surface area contributed by atoms with Gasteiger partial charge in [0, 0.05) is 60.4 Å². The van der Waals surface area contributed by atoms with Crippen LogP contribution in [0.4, 0.5) is 24.5 Å². The Hall–Kier alpha value is -3.73. The van der Waals surface area contributed by atoms with E-state index in [0.29, 0.717) is 22.4 Å². The Kier molecular flexibility index (Phi) is 8.97. The molecule has 47 heavy (non-hydrogen) atoms. The number of phenols is 1. The summed E-state index contributed by atoms with van der Waals surface area (Å²) < 4.78 is 71.7. The maximum Gasteiger partial charge on any atom is 0.406 e. The van der Waals surface area contributed by atoms with E-state index < -0.39 is 34.2 Å². The lowest BCUT2D eigenvalue weighted by molar-refractivity contribution is -0.200. The SMILES string of the molecule is CCC(=O)N(CC#Cc1cc2c(N[C@H]3CC[C@@H](N4CC5(COC5)C4)CC3)cccc2n1CC(F)(F)F)c1ccc(S(C)(=O)=O)cc1O. The summed E-state index contributed by atoms with van der Waals surface area (Å²) in [6.07, 6.45) is 0.636. The van der Waals surface area contributed by atoms with E-state index in [1.54, 1.807) is 25.1 Å². The number of benzene rings is 2. The van der Waals surface area contributed by atoms with Crippen molar-refractivity contribution in [2.75, 3.05) is 49.3 Å². The van der Waals surface area contributed by atoms with Crippen LogP contribution in [0.2, 0.25) is 0 Å². The van der Waals surface area contributed by atoms with Gasteiger partial charge in [-0.25, -0.2) is 8.42 Å². The number of nitrogens with one attached hydrogen (secondary N) is 1. The number of phenolic OH excluding ortho intramolecular Hbond substituents is 1. The van der Waals surface area contributed by atoms with Crippen LogP contribution in [0.15, 0.2) is 47.4 Å². The number of halogens is 3. The Morgan fingerprint density at radius 1 is 1.13 bits per heavy atom. The molecule has 3 aliphatic rings. The van der Waals surface area contributed by atoms with Gasteiger partial charge >= 0.3 is 6.18 Å². The number of hydrogen-bond donors (Lipinski definition) is 2. The lowest BCUT2D eigenvalue weighted by Crippen LogP contribution is -2.68. The van der Waals surface area contributed by atoms with Crippen LogP contribution in [0.1, 0.15) is 44.7 Å². The first kappa shape index (κ1) is 33.2. The summed E-state index contributed by atoms with van der Waals surface area (Å²) in [6.45, 7) is 4.10. The Morgan fingerprint density at radius 3 is 2.45 bits per heavy atom. The number of amides is 1. The van der Waals surface area contributed by atoms with Gasteiger partial charge in [-0.05, 0) is 61.9 Å². The number of rotatable bonds is 8. The normalized spacial score (nSPS) is 21.0. The van der Waals surface area contributed by atoms with E-state index in [1.165, 1.54) is 17.0 Å². The number of aromatic hydroxyl groups is 1. The van der Waals surface area contributed by atoms with Gasteiger partial charge in [0.15, 0.2) is 9.84 Å². The molecule has 1 amide bonds. The van der Waals surface area contributed by atoms with Crippen molar-refractivity contribution in [1.82, 2.24) is 9.47 Å². The standard InChI is InChI=1S/C34H39F3N4O5S/c1-3-32(43)40(30-14-13-26(17-31(30)42)47(2,44)45)15-5-6-25-16-27-28(7-4-8-29(27)41(25)20-34(35,36)37)38-23-9-11-24(12-10-23)39-18-33(19-39)21-46-22-33/h4,7-8,13-14,16-17,23-24,38,42H,3,9-12,15,18-22H2,1-2H3/t23-,24+. The van der Waals surface area contributed by atoms with Gasteiger partial charge in [-0.3, -0.25) is 14.6 Å². The van der Waals surface area contributed by atoms with Crippen LogP contribution in [0, 0.1) is 17.3 Å². The minimum Gasteiger partial charge on any atom is -0.506 e. The summed E-state index contributed by atoms with van der Waals surface area (Å²) in [4.78, 5) is 16.4. The second-order valence-electron chi connectivity index (χ2n) is 13.1. The fourth-order valence-corrected chi connectivity index (χ4v) is 7.63. The third-order valence-electron chi connectivity index (χ3n) is 9.47. The number of nitrogens with zero attached hydrogens (tertiary/aromatic N) is 3. The Labute approximate surface area is 272 Å². The fraction of sp³-hybridized carbons (Fsp3) is 0.500. The summed E-state index contributed by atoms with van der Waals surface area (Å²) in [5.74, 6) is 4.84. The number of hydrogen-bond acceptors (Lipinski definition) is 7. The average molecular weight is 673 g/mol. The number of sulfone groups is 1. The smallest absolute Gasteiger partial charge is 0.406 e. The maximum absolute atomic E-state index is 13.8. The van der Waals surface area contributed by atoms with E-state index in [2.05, 4.69) is 22.1 Å². The zero-order valence-electron chi connectivity index (χ0n) is 26.4. The van der Waals surface area contributed by atoms with Gasteiger partial charge < -0.3 is 19.7 Å². The van der Waals surface area contributed by atoms with Crippen LogP contribution in [0.5, 0.6) is 5.75 Å². The molecule has 252 valence electrons. The molecule has 1 aliphatic carbocycles. The highest BCUT2D eigenvalue weighted by Crippen LogP contribution is 2.41. The molecule has 2 aliphatic heterocycles. The van der Waals surface area contributed by atoms with Crippen molar-refractivity contribution >= 4 is 38.0 Å². The van der Waals surface area contributed by atoms with Gasteiger partial charge in [0.1, 0.15) is 12.3 Å². The molecule has 3 fully saturated rings. The molecule has 0 radical (unpaired) electrons. The van der Waals surface area contributed by atoms with Crippen LogP contribution in [-0.4, -0.2) is 86.3 Å². The van der Waals surface area contributed by atoms with E-state index in [4.69, 9.17) is 4.74 Å². The molecule has 13 heteroatoms. The predicted molar refractivity (Wildman–Crippen MR) is 173 cm³/mol. The molecular formula is C34H39F3N4O5S. The number of alkyl halides is 3.